The molecule has 0 unspecified atom stereocenters. The second kappa shape index (κ2) is 14.2. The molecule has 0 fully saturated rings. The lowest BCUT2D eigenvalue weighted by Gasteiger charge is -2.23. The topological polar surface area (TPSA) is 93.7 Å². The summed E-state index contributed by atoms with van der Waals surface area (Å²) in [6.07, 6.45) is -0.265. The first-order valence-electron chi connectivity index (χ1n) is 10.9. The summed E-state index contributed by atoms with van der Waals surface area (Å²) in [5, 5.41) is 5.37. The lowest BCUT2D eigenvalue weighted by Crippen LogP contribution is -2.53. The maximum atomic E-state index is 13.0. The van der Waals surface area contributed by atoms with Crippen LogP contribution in [0.3, 0.4) is 0 Å². The van der Waals surface area contributed by atoms with Crippen molar-refractivity contribution in [2.45, 2.75) is 44.7 Å². The van der Waals surface area contributed by atoms with Crippen molar-refractivity contribution in [1.29, 1.82) is 0 Å². The molecule has 7 nitrogen and oxygen atoms in total. The molecular formula is C25H32N2O5S. The fourth-order valence-electron chi connectivity index (χ4n) is 3.06. The maximum Gasteiger partial charge on any atom is 0.408 e. The number of amides is 2. The first-order valence-corrected chi connectivity index (χ1v) is 12.0. The molecule has 2 N–H and O–H groups in total. The molecule has 0 saturated carbocycles. The first kappa shape index (κ1) is 26.3. The number of hydrogen-bond acceptors (Lipinski definition) is 6. The molecule has 0 aliphatic carbocycles. The van der Waals surface area contributed by atoms with E-state index in [0.717, 1.165) is 11.1 Å². The highest BCUT2D eigenvalue weighted by Crippen LogP contribution is 2.14. The molecular weight excluding hydrogens is 440 g/mol. The molecule has 0 heterocycles. The largest absolute Gasteiger partial charge is 0.467 e. The van der Waals surface area contributed by atoms with Crippen LogP contribution in [0.1, 0.15) is 31.4 Å². The molecule has 0 bridgehead atoms. The van der Waals surface area contributed by atoms with Gasteiger partial charge in [-0.3, -0.25) is 4.79 Å². The Morgan fingerprint density at radius 3 is 2.06 bits per heavy atom. The molecule has 178 valence electrons. The van der Waals surface area contributed by atoms with Crippen molar-refractivity contribution in [3.05, 3.63) is 71.8 Å². The Bertz CT molecular complexity index is 877. The van der Waals surface area contributed by atoms with E-state index in [2.05, 4.69) is 10.6 Å². The van der Waals surface area contributed by atoms with Gasteiger partial charge in [-0.1, -0.05) is 74.5 Å². The van der Waals surface area contributed by atoms with E-state index < -0.39 is 30.1 Å². The van der Waals surface area contributed by atoms with Gasteiger partial charge in [0.2, 0.25) is 5.91 Å². The van der Waals surface area contributed by atoms with Gasteiger partial charge in [-0.2, -0.15) is 11.8 Å². The van der Waals surface area contributed by atoms with E-state index in [-0.39, 0.29) is 12.5 Å². The molecule has 2 atom stereocenters. The summed E-state index contributed by atoms with van der Waals surface area (Å²) in [5.41, 5.74) is 1.95. The molecule has 0 aliphatic rings. The molecule has 2 aromatic rings. The minimum absolute atomic E-state index is 0.0936. The summed E-state index contributed by atoms with van der Waals surface area (Å²) >= 11 is 1.51. The van der Waals surface area contributed by atoms with Gasteiger partial charge in [0, 0.05) is 11.5 Å². The summed E-state index contributed by atoms with van der Waals surface area (Å²) < 4.78 is 10.1. The van der Waals surface area contributed by atoms with Gasteiger partial charge in [-0.15, -0.1) is 0 Å². The van der Waals surface area contributed by atoms with Crippen molar-refractivity contribution in [2.24, 2.45) is 5.92 Å². The average Bonchev–Trinajstić information content (AvgIpc) is 2.82. The van der Waals surface area contributed by atoms with Gasteiger partial charge in [0.15, 0.2) is 0 Å². The zero-order chi connectivity index (χ0) is 24.1. The molecule has 0 aliphatic heterocycles. The summed E-state index contributed by atoms with van der Waals surface area (Å²) in [6, 6.07) is 17.5. The number of carbonyl (C=O) groups excluding carboxylic acids is 3. The van der Waals surface area contributed by atoms with Crippen molar-refractivity contribution in [2.75, 3.05) is 12.9 Å². The molecule has 0 saturated heterocycles. The van der Waals surface area contributed by atoms with Gasteiger partial charge in [0.25, 0.3) is 0 Å². The van der Waals surface area contributed by atoms with E-state index in [4.69, 9.17) is 9.47 Å². The summed E-state index contributed by atoms with van der Waals surface area (Å²) in [5.74, 6) is 0.195. The third kappa shape index (κ3) is 9.99. The maximum absolute atomic E-state index is 13.0. The number of thioether (sulfide) groups is 1. The Morgan fingerprint density at radius 2 is 1.48 bits per heavy atom. The highest BCUT2D eigenvalue weighted by Gasteiger charge is 2.28. The van der Waals surface area contributed by atoms with Crippen LogP contribution in [0.5, 0.6) is 0 Å². The number of rotatable bonds is 12. The van der Waals surface area contributed by atoms with Crippen LogP contribution in [0.2, 0.25) is 0 Å². The number of benzene rings is 2. The molecule has 0 spiro atoms. The number of hydrogen-bond donors (Lipinski definition) is 2. The summed E-state index contributed by atoms with van der Waals surface area (Å²) in [7, 11) is 1.29. The minimum Gasteiger partial charge on any atom is -0.467 e. The second-order valence-corrected chi connectivity index (χ2v) is 9.00. The van der Waals surface area contributed by atoms with E-state index in [1.165, 1.54) is 18.9 Å². The predicted molar refractivity (Wildman–Crippen MR) is 130 cm³/mol. The van der Waals surface area contributed by atoms with Crippen molar-refractivity contribution in [3.8, 4) is 0 Å². The number of nitrogens with one attached hydrogen (secondary N) is 2. The normalized spacial score (nSPS) is 12.5. The number of alkyl carbamates (subject to hydrolysis) is 1. The van der Waals surface area contributed by atoms with Crippen molar-refractivity contribution in [3.63, 3.8) is 0 Å². The zero-order valence-electron chi connectivity index (χ0n) is 19.3. The molecule has 2 aromatic carbocycles. The molecule has 33 heavy (non-hydrogen) atoms. The Labute approximate surface area is 199 Å². The Morgan fingerprint density at radius 1 is 0.879 bits per heavy atom. The number of ether oxygens (including phenoxy) is 2. The molecule has 0 aromatic heterocycles. The zero-order valence-corrected chi connectivity index (χ0v) is 20.1. The Kier molecular flexibility index (Phi) is 11.3. The fourth-order valence-corrected chi connectivity index (χ4v) is 4.08. The number of esters is 1. The molecule has 0 radical (unpaired) electrons. The van der Waals surface area contributed by atoms with E-state index in [1.807, 2.05) is 74.5 Å². The summed E-state index contributed by atoms with van der Waals surface area (Å²) in [6.45, 7) is 4.00. The van der Waals surface area contributed by atoms with Crippen molar-refractivity contribution in [1.82, 2.24) is 10.6 Å². The predicted octanol–water partition coefficient (Wildman–Crippen LogP) is 3.92. The van der Waals surface area contributed by atoms with Crippen LogP contribution in [0.15, 0.2) is 60.7 Å². The molecule has 2 rings (SSSR count). The first-order chi connectivity index (χ1) is 15.9. The van der Waals surface area contributed by atoms with Crippen molar-refractivity contribution < 1.29 is 23.9 Å². The van der Waals surface area contributed by atoms with E-state index >= 15 is 0 Å². The lowest BCUT2D eigenvalue weighted by atomic mass is 10.0. The van der Waals surface area contributed by atoms with Gasteiger partial charge in [-0.05, 0) is 23.5 Å². The number of methoxy groups -OCH3 is 1. The number of carbonyl (C=O) groups is 3. The third-order valence-electron chi connectivity index (χ3n) is 4.73. The van der Waals surface area contributed by atoms with E-state index in [0.29, 0.717) is 17.9 Å². The fraction of sp³-hybridized carbons (Fsp3) is 0.400. The van der Waals surface area contributed by atoms with Crippen LogP contribution >= 0.6 is 11.8 Å². The Hall–Kier alpha value is -3.00. The molecule has 8 heteroatoms. The van der Waals surface area contributed by atoms with Crippen LogP contribution in [0.4, 0.5) is 4.79 Å². The SMILES string of the molecule is COC(=O)[C@@H](CC(C)C)NC(=O)[C@@H](CSCc1ccccc1)NC(=O)OCc1ccccc1. The third-order valence-corrected chi connectivity index (χ3v) is 5.83. The monoisotopic (exact) mass is 472 g/mol. The van der Waals surface area contributed by atoms with Gasteiger partial charge in [-0.25, -0.2) is 9.59 Å². The van der Waals surface area contributed by atoms with Crippen LogP contribution in [0, 0.1) is 5.92 Å². The van der Waals surface area contributed by atoms with Crippen molar-refractivity contribution >= 4 is 29.7 Å². The smallest absolute Gasteiger partial charge is 0.408 e. The van der Waals surface area contributed by atoms with Crippen LogP contribution in [-0.2, 0) is 31.4 Å². The standard InChI is InChI=1S/C25H32N2O5S/c1-18(2)14-21(24(29)31-3)26-23(28)22(17-33-16-20-12-8-5-9-13-20)27-25(30)32-15-19-10-6-4-7-11-19/h4-13,18,21-22H,14-17H2,1-3H3,(H,26,28)(H,27,30)/t21-,22-/m1/s1. The van der Waals surface area contributed by atoms with Gasteiger partial charge in [0.05, 0.1) is 7.11 Å². The van der Waals surface area contributed by atoms with Crippen LogP contribution in [-0.4, -0.2) is 42.9 Å². The van der Waals surface area contributed by atoms with Gasteiger partial charge >= 0.3 is 12.1 Å². The second-order valence-electron chi connectivity index (χ2n) is 7.97. The highest BCUT2D eigenvalue weighted by atomic mass is 32.2. The van der Waals surface area contributed by atoms with Gasteiger partial charge in [0.1, 0.15) is 18.7 Å². The van der Waals surface area contributed by atoms with E-state index in [9.17, 15) is 14.4 Å². The Balaban J connectivity index is 2.01. The molecule has 2 amide bonds. The van der Waals surface area contributed by atoms with Crippen LogP contribution < -0.4 is 10.6 Å². The lowest BCUT2D eigenvalue weighted by molar-refractivity contribution is -0.145. The van der Waals surface area contributed by atoms with E-state index in [1.54, 1.807) is 0 Å². The summed E-state index contributed by atoms with van der Waals surface area (Å²) in [4.78, 5) is 37.5. The highest BCUT2D eigenvalue weighted by molar-refractivity contribution is 7.98. The van der Waals surface area contributed by atoms with Gasteiger partial charge < -0.3 is 20.1 Å². The average molecular weight is 473 g/mol. The minimum atomic E-state index is -0.874. The van der Waals surface area contributed by atoms with Crippen LogP contribution in [0.25, 0.3) is 0 Å². The quantitative estimate of drug-likeness (QED) is 0.455.